The van der Waals surface area contributed by atoms with Crippen molar-refractivity contribution in [1.29, 1.82) is 0 Å². The third-order valence-electron chi connectivity index (χ3n) is 3.03. The summed E-state index contributed by atoms with van der Waals surface area (Å²) in [5.41, 5.74) is 8.01. The Bertz CT molecular complexity index is 749. The molecule has 0 radical (unpaired) electrons. The van der Waals surface area contributed by atoms with Crippen LogP contribution < -0.4 is 5.73 Å². The van der Waals surface area contributed by atoms with Crippen LogP contribution in [0.5, 0.6) is 0 Å². The summed E-state index contributed by atoms with van der Waals surface area (Å²) in [6.45, 7) is 0.355. The summed E-state index contributed by atoms with van der Waals surface area (Å²) >= 11 is 12.6. The second-order valence-electron chi connectivity index (χ2n) is 4.24. The number of nitrogens with two attached hydrogens (primary N) is 1. The summed E-state index contributed by atoms with van der Waals surface area (Å²) in [5.74, 6) is 0.727. The Kier molecular flexibility index (Phi) is 3.23. The van der Waals surface area contributed by atoms with Crippen LogP contribution >= 0.6 is 23.2 Å². The number of fused-ring (bicyclic) bond motifs is 1. The van der Waals surface area contributed by atoms with Crippen LogP contribution in [0.1, 0.15) is 5.76 Å². The standard InChI is InChI=1S/C15H11Cl2NO/c16-12-4-2-1-3-11(12)14-13(17)6-5-9-7-10(8-18)19-15(9)14/h1-7H,8,18H2. The fourth-order valence-corrected chi connectivity index (χ4v) is 2.63. The van der Waals surface area contributed by atoms with Crippen LogP contribution in [0.3, 0.4) is 0 Å². The lowest BCUT2D eigenvalue weighted by Crippen LogP contribution is -1.92. The Hall–Kier alpha value is -1.48. The summed E-state index contributed by atoms with van der Waals surface area (Å²) in [4.78, 5) is 0. The topological polar surface area (TPSA) is 39.2 Å². The van der Waals surface area contributed by atoms with Gasteiger partial charge in [-0.25, -0.2) is 0 Å². The van der Waals surface area contributed by atoms with Crippen molar-refractivity contribution >= 4 is 34.2 Å². The van der Waals surface area contributed by atoms with Crippen molar-refractivity contribution in [2.45, 2.75) is 6.54 Å². The lowest BCUT2D eigenvalue weighted by atomic mass is 10.0. The van der Waals surface area contributed by atoms with Gasteiger partial charge in [0.15, 0.2) is 0 Å². The van der Waals surface area contributed by atoms with Crippen LogP contribution in [0.4, 0.5) is 0 Å². The second-order valence-corrected chi connectivity index (χ2v) is 5.05. The van der Waals surface area contributed by atoms with E-state index in [1.807, 2.05) is 42.5 Å². The first-order valence-electron chi connectivity index (χ1n) is 5.86. The molecule has 0 amide bonds. The van der Waals surface area contributed by atoms with Gasteiger partial charge < -0.3 is 10.2 Å². The fourth-order valence-electron chi connectivity index (χ4n) is 2.15. The van der Waals surface area contributed by atoms with E-state index in [4.69, 9.17) is 33.4 Å². The molecule has 19 heavy (non-hydrogen) atoms. The third kappa shape index (κ3) is 2.12. The van der Waals surface area contributed by atoms with E-state index in [0.717, 1.165) is 27.9 Å². The first-order valence-corrected chi connectivity index (χ1v) is 6.62. The zero-order valence-corrected chi connectivity index (χ0v) is 11.5. The zero-order chi connectivity index (χ0) is 13.4. The van der Waals surface area contributed by atoms with E-state index >= 15 is 0 Å². The van der Waals surface area contributed by atoms with Crippen LogP contribution in [-0.4, -0.2) is 0 Å². The molecule has 1 heterocycles. The summed E-state index contributed by atoms with van der Waals surface area (Å²) in [5, 5.41) is 2.22. The normalized spacial score (nSPS) is 11.1. The highest BCUT2D eigenvalue weighted by Gasteiger charge is 2.15. The number of rotatable bonds is 2. The Labute approximate surface area is 120 Å². The van der Waals surface area contributed by atoms with E-state index in [2.05, 4.69) is 0 Å². The smallest absolute Gasteiger partial charge is 0.143 e. The molecule has 0 unspecified atom stereocenters. The number of halogens is 2. The van der Waals surface area contributed by atoms with Crippen molar-refractivity contribution < 1.29 is 4.42 Å². The molecule has 0 aliphatic carbocycles. The molecule has 0 saturated carbocycles. The maximum absolute atomic E-state index is 6.31. The number of furan rings is 1. The first-order chi connectivity index (χ1) is 9.20. The predicted octanol–water partition coefficient (Wildman–Crippen LogP) is 4.87. The minimum absolute atomic E-state index is 0.355. The van der Waals surface area contributed by atoms with E-state index in [1.165, 1.54) is 0 Å². The average Bonchev–Trinajstić information content (AvgIpc) is 2.83. The van der Waals surface area contributed by atoms with Gasteiger partial charge in [-0.05, 0) is 24.3 Å². The van der Waals surface area contributed by atoms with Crippen LogP contribution in [0, 0.1) is 0 Å². The molecule has 2 aromatic carbocycles. The minimum atomic E-state index is 0.355. The molecule has 0 spiro atoms. The van der Waals surface area contributed by atoms with E-state index in [0.29, 0.717) is 16.6 Å². The Morgan fingerprint density at radius 3 is 2.53 bits per heavy atom. The van der Waals surface area contributed by atoms with Crippen LogP contribution in [0.2, 0.25) is 10.0 Å². The third-order valence-corrected chi connectivity index (χ3v) is 3.68. The van der Waals surface area contributed by atoms with Gasteiger partial charge in [0, 0.05) is 21.5 Å². The van der Waals surface area contributed by atoms with Crippen molar-refractivity contribution in [3.8, 4) is 11.1 Å². The highest BCUT2D eigenvalue weighted by Crippen LogP contribution is 2.39. The quantitative estimate of drug-likeness (QED) is 0.732. The van der Waals surface area contributed by atoms with Crippen LogP contribution in [0.15, 0.2) is 46.9 Å². The van der Waals surface area contributed by atoms with Gasteiger partial charge in [-0.1, -0.05) is 41.4 Å². The lowest BCUT2D eigenvalue weighted by molar-refractivity contribution is 0.553. The van der Waals surface area contributed by atoms with Gasteiger partial charge in [0.25, 0.3) is 0 Å². The molecular weight excluding hydrogens is 281 g/mol. The Balaban J connectivity index is 2.36. The monoisotopic (exact) mass is 291 g/mol. The molecule has 0 saturated heterocycles. The van der Waals surface area contributed by atoms with Gasteiger partial charge in [0.2, 0.25) is 0 Å². The van der Waals surface area contributed by atoms with E-state index in [9.17, 15) is 0 Å². The van der Waals surface area contributed by atoms with Gasteiger partial charge >= 0.3 is 0 Å². The molecule has 0 fully saturated rings. The highest BCUT2D eigenvalue weighted by molar-refractivity contribution is 6.37. The molecule has 3 rings (SSSR count). The largest absolute Gasteiger partial charge is 0.459 e. The molecule has 96 valence electrons. The van der Waals surface area contributed by atoms with E-state index < -0.39 is 0 Å². The van der Waals surface area contributed by atoms with Crippen molar-refractivity contribution in [2.24, 2.45) is 5.73 Å². The molecule has 0 aliphatic heterocycles. The van der Waals surface area contributed by atoms with Crippen molar-refractivity contribution in [2.75, 3.05) is 0 Å². The summed E-state index contributed by atoms with van der Waals surface area (Å²) in [6.07, 6.45) is 0. The van der Waals surface area contributed by atoms with Gasteiger partial charge in [0.05, 0.1) is 11.6 Å². The highest BCUT2D eigenvalue weighted by atomic mass is 35.5. The Morgan fingerprint density at radius 2 is 1.79 bits per heavy atom. The van der Waals surface area contributed by atoms with Gasteiger partial charge in [-0.3, -0.25) is 0 Å². The molecule has 0 bridgehead atoms. The van der Waals surface area contributed by atoms with Crippen molar-refractivity contribution in [3.63, 3.8) is 0 Å². The Morgan fingerprint density at radius 1 is 1.00 bits per heavy atom. The maximum atomic E-state index is 6.31. The molecule has 0 atom stereocenters. The molecule has 0 aliphatic rings. The fraction of sp³-hybridized carbons (Fsp3) is 0.0667. The van der Waals surface area contributed by atoms with Gasteiger partial charge in [-0.15, -0.1) is 0 Å². The van der Waals surface area contributed by atoms with E-state index in [1.54, 1.807) is 0 Å². The number of benzene rings is 2. The summed E-state index contributed by atoms with van der Waals surface area (Å²) in [6, 6.07) is 13.2. The van der Waals surface area contributed by atoms with Crippen LogP contribution in [0.25, 0.3) is 22.1 Å². The molecular formula is C15H11Cl2NO. The molecule has 3 aromatic rings. The number of hydrogen-bond acceptors (Lipinski definition) is 2. The van der Waals surface area contributed by atoms with E-state index in [-0.39, 0.29) is 0 Å². The first kappa shape index (κ1) is 12.5. The summed E-state index contributed by atoms with van der Waals surface area (Å²) in [7, 11) is 0. The van der Waals surface area contributed by atoms with Crippen molar-refractivity contribution in [3.05, 3.63) is 58.3 Å². The maximum Gasteiger partial charge on any atom is 0.143 e. The van der Waals surface area contributed by atoms with Gasteiger partial charge in [0.1, 0.15) is 11.3 Å². The minimum Gasteiger partial charge on any atom is -0.459 e. The molecule has 2 N–H and O–H groups in total. The second kappa shape index (κ2) is 4.89. The number of hydrogen-bond donors (Lipinski definition) is 1. The van der Waals surface area contributed by atoms with Crippen molar-refractivity contribution in [1.82, 2.24) is 0 Å². The zero-order valence-electron chi connectivity index (χ0n) is 9.99. The SMILES string of the molecule is NCc1cc2ccc(Cl)c(-c3ccccc3Cl)c2o1. The average molecular weight is 292 g/mol. The molecule has 4 heteroatoms. The lowest BCUT2D eigenvalue weighted by Gasteiger charge is -2.07. The van der Waals surface area contributed by atoms with Crippen LogP contribution in [-0.2, 0) is 6.54 Å². The molecule has 1 aromatic heterocycles. The van der Waals surface area contributed by atoms with Gasteiger partial charge in [-0.2, -0.15) is 0 Å². The molecule has 2 nitrogen and oxygen atoms in total. The summed E-state index contributed by atoms with van der Waals surface area (Å²) < 4.78 is 5.77. The predicted molar refractivity (Wildman–Crippen MR) is 79.6 cm³/mol.